The summed E-state index contributed by atoms with van der Waals surface area (Å²) in [5, 5.41) is 2.31. The highest BCUT2D eigenvalue weighted by Gasteiger charge is 2.32. The molecule has 54 heavy (non-hydrogen) atoms. The van der Waals surface area contributed by atoms with Crippen molar-refractivity contribution in [3.05, 3.63) is 176 Å². The van der Waals surface area contributed by atoms with Gasteiger partial charge in [0.05, 0.1) is 33.8 Å². The summed E-state index contributed by atoms with van der Waals surface area (Å²) in [6.07, 6.45) is 0. The van der Waals surface area contributed by atoms with Crippen molar-refractivity contribution in [2.45, 2.75) is 6.92 Å². The summed E-state index contributed by atoms with van der Waals surface area (Å²) < 4.78 is 8.97. The largest absolute Gasteiger partial charge is 0.457 e. The third-order valence-corrected chi connectivity index (χ3v) is 10.7. The average Bonchev–Trinajstić information content (AvgIpc) is 3.76. The van der Waals surface area contributed by atoms with E-state index in [-0.39, 0.29) is 0 Å². The lowest BCUT2D eigenvalue weighted by Gasteiger charge is -2.27. The second kappa shape index (κ2) is 11.9. The molecule has 0 saturated heterocycles. The Morgan fingerprint density at radius 2 is 1.19 bits per heavy atom. The van der Waals surface area contributed by atoms with E-state index in [0.29, 0.717) is 6.67 Å². The molecule has 0 atom stereocenters. The van der Waals surface area contributed by atoms with Crippen LogP contribution < -0.4 is 14.5 Å². The maximum absolute atomic E-state index is 6.72. The molecular weight excluding hydrogens is 663 g/mol. The molecule has 0 amide bonds. The maximum Gasteiger partial charge on any atom is 0.138 e. The third kappa shape index (κ3) is 4.73. The zero-order valence-electron chi connectivity index (χ0n) is 29.5. The van der Waals surface area contributed by atoms with Gasteiger partial charge in [-0.3, -0.25) is 4.57 Å². The summed E-state index contributed by atoms with van der Waals surface area (Å²) >= 11 is 0. The standard InChI is InChI=1S/C48H33N5O/c1-31-27-34-29-47(49-31)51-30-52(44-23-10-9-22-43(44)51)48-35(32-13-3-2-4-14-32)18-11-19-40(48)36-15-5-6-16-37(36)41-20-12-24-46(50-41)53-42-21-8-7-17-38(42)39-26-25-33(54-34)28-45(39)53/h2-29H,30H2,1H3. The van der Waals surface area contributed by atoms with Crippen LogP contribution in [0.5, 0.6) is 11.5 Å². The summed E-state index contributed by atoms with van der Waals surface area (Å²) in [5.74, 6) is 3.15. The highest BCUT2D eigenvalue weighted by atomic mass is 16.5. The van der Waals surface area contributed by atoms with E-state index >= 15 is 0 Å². The number of anilines is 4. The van der Waals surface area contributed by atoms with Crippen LogP contribution in [0.3, 0.4) is 0 Å². The van der Waals surface area contributed by atoms with Crippen molar-refractivity contribution in [2.75, 3.05) is 16.5 Å². The van der Waals surface area contributed by atoms with Crippen LogP contribution in [0.1, 0.15) is 5.69 Å². The fourth-order valence-electron chi connectivity index (χ4n) is 8.36. The topological polar surface area (TPSA) is 46.4 Å². The molecule has 0 fully saturated rings. The third-order valence-electron chi connectivity index (χ3n) is 10.7. The van der Waals surface area contributed by atoms with E-state index in [1.165, 1.54) is 5.39 Å². The molecule has 11 rings (SSSR count). The normalized spacial score (nSPS) is 12.9. The zero-order valence-corrected chi connectivity index (χ0v) is 29.5. The van der Waals surface area contributed by atoms with Gasteiger partial charge in [0, 0.05) is 51.4 Å². The zero-order chi connectivity index (χ0) is 35.8. The van der Waals surface area contributed by atoms with Gasteiger partial charge in [0.2, 0.25) is 0 Å². The van der Waals surface area contributed by atoms with Crippen LogP contribution in [0, 0.1) is 6.92 Å². The molecule has 0 unspecified atom stereocenters. The molecule has 3 aromatic heterocycles. The van der Waals surface area contributed by atoms with Crippen molar-refractivity contribution in [1.82, 2.24) is 14.5 Å². The number of pyridine rings is 2. The van der Waals surface area contributed by atoms with Gasteiger partial charge in [0.25, 0.3) is 0 Å². The highest BCUT2D eigenvalue weighted by Crippen LogP contribution is 2.51. The van der Waals surface area contributed by atoms with E-state index in [1.807, 2.05) is 13.0 Å². The molecule has 8 bridgehead atoms. The predicted octanol–water partition coefficient (Wildman–Crippen LogP) is 12.2. The van der Waals surface area contributed by atoms with E-state index in [2.05, 4.69) is 178 Å². The molecule has 2 aliphatic heterocycles. The number of aryl methyl sites for hydroxylation is 1. The minimum Gasteiger partial charge on any atom is -0.457 e. The quantitative estimate of drug-likeness (QED) is 0.171. The lowest BCUT2D eigenvalue weighted by molar-refractivity contribution is 0.482. The number of benzene rings is 6. The van der Waals surface area contributed by atoms with Crippen molar-refractivity contribution in [3.63, 3.8) is 0 Å². The Morgan fingerprint density at radius 3 is 2.07 bits per heavy atom. The summed E-state index contributed by atoms with van der Waals surface area (Å²) in [5.41, 5.74) is 12.8. The van der Waals surface area contributed by atoms with Crippen molar-refractivity contribution >= 4 is 44.7 Å². The van der Waals surface area contributed by atoms with E-state index in [1.54, 1.807) is 0 Å². The van der Waals surface area contributed by atoms with Crippen LogP contribution in [0.25, 0.3) is 61.1 Å². The number of rotatable bonds is 1. The van der Waals surface area contributed by atoms with Gasteiger partial charge >= 0.3 is 0 Å². The second-order valence-electron chi connectivity index (χ2n) is 13.9. The van der Waals surface area contributed by atoms with Crippen LogP contribution >= 0.6 is 0 Å². The molecule has 6 heteroatoms. The van der Waals surface area contributed by atoms with Gasteiger partial charge in [0.1, 0.15) is 29.8 Å². The van der Waals surface area contributed by atoms with Gasteiger partial charge in [-0.1, -0.05) is 109 Å². The van der Waals surface area contributed by atoms with E-state index in [4.69, 9.17) is 14.7 Å². The SMILES string of the molecule is Cc1cc2cc(n1)N1CN(c3ccccc31)c1c(-c3ccccc3)cccc1-c1ccccc1-c1cccc(n1)-n1c3ccccc3c3ccc(cc31)O2. The first kappa shape index (κ1) is 30.4. The van der Waals surface area contributed by atoms with Crippen LogP contribution in [0.2, 0.25) is 0 Å². The van der Waals surface area contributed by atoms with Gasteiger partial charge in [-0.25, -0.2) is 9.97 Å². The summed E-state index contributed by atoms with van der Waals surface area (Å²) in [6, 6.07) is 59.9. The number of ether oxygens (including phenoxy) is 1. The Labute approximate surface area is 312 Å². The number of hydrogen-bond donors (Lipinski definition) is 0. The minimum atomic E-state index is 0.564. The fraction of sp³-hybridized carbons (Fsp3) is 0.0417. The van der Waals surface area contributed by atoms with Crippen molar-refractivity contribution < 1.29 is 4.74 Å². The highest BCUT2D eigenvalue weighted by molar-refractivity contribution is 6.09. The van der Waals surface area contributed by atoms with Crippen LogP contribution in [-0.2, 0) is 0 Å². The fourth-order valence-corrected chi connectivity index (χ4v) is 8.36. The molecule has 6 nitrogen and oxygen atoms in total. The van der Waals surface area contributed by atoms with Gasteiger partial charge in [-0.05, 0) is 60.5 Å². The van der Waals surface area contributed by atoms with Gasteiger partial charge < -0.3 is 14.5 Å². The Bertz CT molecular complexity index is 2930. The summed E-state index contributed by atoms with van der Waals surface area (Å²) in [6.45, 7) is 2.59. The lowest BCUT2D eigenvalue weighted by Crippen LogP contribution is -2.25. The molecule has 0 saturated carbocycles. The van der Waals surface area contributed by atoms with Crippen LogP contribution in [-0.4, -0.2) is 21.2 Å². The molecule has 256 valence electrons. The van der Waals surface area contributed by atoms with Gasteiger partial charge in [-0.2, -0.15) is 0 Å². The predicted molar refractivity (Wildman–Crippen MR) is 220 cm³/mol. The molecule has 5 heterocycles. The van der Waals surface area contributed by atoms with Crippen LogP contribution in [0.15, 0.2) is 170 Å². The monoisotopic (exact) mass is 695 g/mol. The van der Waals surface area contributed by atoms with E-state index in [0.717, 1.165) is 95.8 Å². The van der Waals surface area contributed by atoms with Gasteiger partial charge in [0.15, 0.2) is 0 Å². The Kier molecular flexibility index (Phi) is 6.73. The first-order valence-electron chi connectivity index (χ1n) is 18.3. The van der Waals surface area contributed by atoms with Gasteiger partial charge in [-0.15, -0.1) is 0 Å². The average molecular weight is 696 g/mol. The number of hydrogen-bond acceptors (Lipinski definition) is 5. The summed E-state index contributed by atoms with van der Waals surface area (Å²) in [4.78, 5) is 15.3. The Hall–Kier alpha value is -7.18. The van der Waals surface area contributed by atoms with E-state index < -0.39 is 0 Å². The molecular formula is C48H33N5O. The smallest absolute Gasteiger partial charge is 0.138 e. The number of aromatic nitrogens is 3. The molecule has 2 aliphatic rings. The first-order chi connectivity index (χ1) is 26.7. The summed E-state index contributed by atoms with van der Waals surface area (Å²) in [7, 11) is 0. The second-order valence-corrected chi connectivity index (χ2v) is 13.9. The Balaban J connectivity index is 1.24. The van der Waals surface area contributed by atoms with Crippen molar-refractivity contribution in [2.24, 2.45) is 0 Å². The molecule has 6 aromatic carbocycles. The van der Waals surface area contributed by atoms with Crippen molar-refractivity contribution in [1.29, 1.82) is 0 Å². The number of fused-ring (bicyclic) bond motifs is 20. The maximum atomic E-state index is 6.72. The lowest BCUT2D eigenvalue weighted by atomic mass is 9.91. The van der Waals surface area contributed by atoms with Crippen LogP contribution in [0.4, 0.5) is 22.9 Å². The molecule has 0 radical (unpaired) electrons. The Morgan fingerprint density at radius 1 is 0.481 bits per heavy atom. The minimum absolute atomic E-state index is 0.564. The molecule has 0 aliphatic carbocycles. The van der Waals surface area contributed by atoms with Crippen molar-refractivity contribution in [3.8, 4) is 50.8 Å². The number of nitrogens with zero attached hydrogens (tertiary/aromatic N) is 5. The molecule has 0 N–H and O–H groups in total. The first-order valence-corrected chi connectivity index (χ1v) is 18.3. The molecule has 0 spiro atoms. The molecule has 9 aromatic rings. The number of para-hydroxylation sites is 4. The van der Waals surface area contributed by atoms with E-state index in [9.17, 15) is 0 Å².